The minimum absolute atomic E-state index is 0.0173. The van der Waals surface area contributed by atoms with Crippen LogP contribution in [0.2, 0.25) is 0 Å². The van der Waals surface area contributed by atoms with Crippen LogP contribution in [0.25, 0.3) is 0 Å². The van der Waals surface area contributed by atoms with Gasteiger partial charge in [0.15, 0.2) is 0 Å². The molecular formula is C23H34O8. The van der Waals surface area contributed by atoms with E-state index < -0.39 is 58.8 Å². The van der Waals surface area contributed by atoms with E-state index >= 15 is 0 Å². The van der Waals surface area contributed by atoms with Crippen molar-refractivity contribution in [1.82, 2.24) is 0 Å². The van der Waals surface area contributed by atoms with Gasteiger partial charge in [-0.2, -0.15) is 0 Å². The molecule has 0 aromatic rings. The van der Waals surface area contributed by atoms with Gasteiger partial charge in [0.05, 0.1) is 41.5 Å². The Bertz CT molecular complexity index is 813. The molecule has 8 nitrogen and oxygen atoms in total. The number of aliphatic hydroxyl groups excluding tert-OH is 4. The van der Waals surface area contributed by atoms with Gasteiger partial charge in [-0.05, 0) is 49.5 Å². The summed E-state index contributed by atoms with van der Waals surface area (Å²) in [5.41, 5.74) is -3.95. The molecule has 174 valence electrons. The van der Waals surface area contributed by atoms with Crippen molar-refractivity contribution >= 4 is 5.97 Å². The Labute approximate surface area is 181 Å². The van der Waals surface area contributed by atoms with E-state index in [1.54, 1.807) is 0 Å². The highest BCUT2D eigenvalue weighted by Gasteiger charge is 2.75. The van der Waals surface area contributed by atoms with Gasteiger partial charge in [-0.1, -0.05) is 6.92 Å². The van der Waals surface area contributed by atoms with Crippen molar-refractivity contribution < 1.29 is 40.2 Å². The average molecular weight is 439 g/mol. The average Bonchev–Trinajstić information content (AvgIpc) is 3.21. The van der Waals surface area contributed by atoms with E-state index in [1.807, 2.05) is 6.92 Å². The second-order valence-corrected chi connectivity index (χ2v) is 11.0. The van der Waals surface area contributed by atoms with Crippen molar-refractivity contribution in [2.45, 2.75) is 81.4 Å². The van der Waals surface area contributed by atoms with Crippen LogP contribution < -0.4 is 0 Å². The molecule has 31 heavy (non-hydrogen) atoms. The lowest BCUT2D eigenvalue weighted by molar-refractivity contribution is -0.317. The van der Waals surface area contributed by atoms with Gasteiger partial charge in [0.1, 0.15) is 6.61 Å². The normalized spacial score (nSPS) is 56.4. The van der Waals surface area contributed by atoms with Gasteiger partial charge in [-0.25, -0.2) is 4.79 Å². The molecule has 5 aliphatic rings. The van der Waals surface area contributed by atoms with Gasteiger partial charge >= 0.3 is 5.97 Å². The van der Waals surface area contributed by atoms with Gasteiger partial charge in [0, 0.05) is 30.3 Å². The molecular weight excluding hydrogens is 404 g/mol. The summed E-state index contributed by atoms with van der Waals surface area (Å²) in [6.45, 7) is 1.64. The van der Waals surface area contributed by atoms with E-state index in [0.717, 1.165) is 5.57 Å². The van der Waals surface area contributed by atoms with Crippen LogP contribution in [0.3, 0.4) is 0 Å². The monoisotopic (exact) mass is 438 g/mol. The summed E-state index contributed by atoms with van der Waals surface area (Å²) in [4.78, 5) is 11.7. The number of carbonyl (C=O) groups excluding carboxylic acids is 1. The maximum Gasteiger partial charge on any atom is 0.331 e. The van der Waals surface area contributed by atoms with Gasteiger partial charge in [0.2, 0.25) is 0 Å². The number of hydrogen-bond donors (Lipinski definition) is 6. The maximum absolute atomic E-state index is 12.1. The van der Waals surface area contributed by atoms with Crippen LogP contribution >= 0.6 is 0 Å². The maximum atomic E-state index is 12.1. The minimum Gasteiger partial charge on any atom is -0.458 e. The van der Waals surface area contributed by atoms with Crippen LogP contribution in [0.15, 0.2) is 11.6 Å². The third-order valence-electron chi connectivity index (χ3n) is 10.1. The second-order valence-electron chi connectivity index (χ2n) is 11.0. The highest BCUT2D eigenvalue weighted by Crippen LogP contribution is 2.70. The first kappa shape index (κ1) is 21.8. The smallest absolute Gasteiger partial charge is 0.331 e. The van der Waals surface area contributed by atoms with E-state index in [9.17, 15) is 35.4 Å². The molecule has 5 rings (SSSR count). The molecule has 0 unspecified atom stereocenters. The van der Waals surface area contributed by atoms with Crippen molar-refractivity contribution in [2.75, 3.05) is 13.2 Å². The zero-order valence-electron chi connectivity index (χ0n) is 17.9. The van der Waals surface area contributed by atoms with E-state index in [2.05, 4.69) is 0 Å². The molecule has 8 heteroatoms. The zero-order valence-corrected chi connectivity index (χ0v) is 17.9. The van der Waals surface area contributed by atoms with Crippen LogP contribution in [0, 0.1) is 28.6 Å². The van der Waals surface area contributed by atoms with Gasteiger partial charge in [0.25, 0.3) is 0 Å². The molecule has 0 amide bonds. The first-order valence-electron chi connectivity index (χ1n) is 11.5. The molecule has 0 bridgehead atoms. The van der Waals surface area contributed by atoms with Crippen LogP contribution in [-0.2, 0) is 9.53 Å². The van der Waals surface area contributed by atoms with Crippen molar-refractivity contribution in [3.05, 3.63) is 11.6 Å². The first-order valence-corrected chi connectivity index (χ1v) is 11.5. The van der Waals surface area contributed by atoms with Gasteiger partial charge in [-0.3, -0.25) is 0 Å². The van der Waals surface area contributed by atoms with Crippen molar-refractivity contribution in [3.8, 4) is 0 Å². The highest BCUT2D eigenvalue weighted by atomic mass is 16.5. The molecule has 0 spiro atoms. The Hall–Kier alpha value is -1.03. The summed E-state index contributed by atoms with van der Waals surface area (Å²) in [5.74, 6) is -1.62. The number of ether oxygens (including phenoxy) is 1. The summed E-state index contributed by atoms with van der Waals surface area (Å²) >= 11 is 0. The lowest BCUT2D eigenvalue weighted by Crippen LogP contribution is -2.75. The fraction of sp³-hybridized carbons (Fsp3) is 0.870. The second kappa shape index (κ2) is 6.74. The molecule has 0 aromatic carbocycles. The molecule has 4 fully saturated rings. The lowest BCUT2D eigenvalue weighted by atomic mass is 9.40. The number of hydrogen-bond acceptors (Lipinski definition) is 8. The summed E-state index contributed by atoms with van der Waals surface area (Å²) < 4.78 is 5.11. The standard InChI is InChI=1S/C23H34O8/c1-20-9-16(26)19-15(23(20,30)5-3-14(20)12-6-18(28)31-10-12)2-4-21(29)8-13(25)7-17(27)22(19,21)11-24/h6,13-17,19,24-27,29-30H,2-5,7-11H2,1H3/t13-,14-,15-,16+,17-,19-,20+,21+,22+,23-/m0/s1. The van der Waals surface area contributed by atoms with E-state index in [-0.39, 0.29) is 44.2 Å². The fourth-order valence-corrected chi connectivity index (χ4v) is 8.69. The number of rotatable bonds is 2. The number of esters is 1. The predicted octanol–water partition coefficient (Wildman–Crippen LogP) is -0.367. The third-order valence-corrected chi connectivity index (χ3v) is 10.1. The molecule has 0 saturated heterocycles. The van der Waals surface area contributed by atoms with E-state index in [4.69, 9.17) is 4.74 Å². The van der Waals surface area contributed by atoms with Crippen molar-refractivity contribution in [1.29, 1.82) is 0 Å². The molecule has 10 atom stereocenters. The number of cyclic esters (lactones) is 1. The SMILES string of the molecule is C[C@]12C[C@@H](O)[C@@H]3[C@H](CC[C@@]4(O)C[C@@H](O)C[C@H](O)[C@]34CO)[C@@]1(O)CC[C@H]2C1=CC(=O)OC1. The van der Waals surface area contributed by atoms with Gasteiger partial charge < -0.3 is 35.4 Å². The van der Waals surface area contributed by atoms with Crippen LogP contribution in [0.1, 0.15) is 51.9 Å². The minimum atomic E-state index is -1.52. The molecule has 4 saturated carbocycles. The Morgan fingerprint density at radius 2 is 1.87 bits per heavy atom. The number of carbonyl (C=O) groups is 1. The predicted molar refractivity (Wildman–Crippen MR) is 107 cm³/mol. The van der Waals surface area contributed by atoms with E-state index in [1.165, 1.54) is 6.08 Å². The number of aliphatic hydroxyl groups is 6. The first-order chi connectivity index (χ1) is 14.5. The summed E-state index contributed by atoms with van der Waals surface area (Å²) in [5, 5.41) is 67.0. The summed E-state index contributed by atoms with van der Waals surface area (Å²) in [6, 6.07) is 0. The third kappa shape index (κ3) is 2.55. The molecule has 0 aromatic heterocycles. The number of fused-ring (bicyclic) bond motifs is 5. The largest absolute Gasteiger partial charge is 0.458 e. The van der Waals surface area contributed by atoms with E-state index in [0.29, 0.717) is 19.3 Å². The molecule has 1 aliphatic heterocycles. The Morgan fingerprint density at radius 3 is 2.52 bits per heavy atom. The van der Waals surface area contributed by atoms with Crippen LogP contribution in [0.5, 0.6) is 0 Å². The van der Waals surface area contributed by atoms with Crippen molar-refractivity contribution in [2.24, 2.45) is 28.6 Å². The lowest BCUT2D eigenvalue weighted by Gasteiger charge is -2.68. The molecule has 1 heterocycles. The summed E-state index contributed by atoms with van der Waals surface area (Å²) in [7, 11) is 0. The molecule has 0 radical (unpaired) electrons. The zero-order chi connectivity index (χ0) is 22.4. The Morgan fingerprint density at radius 1 is 1.13 bits per heavy atom. The van der Waals surface area contributed by atoms with Gasteiger partial charge in [-0.15, -0.1) is 0 Å². The highest BCUT2D eigenvalue weighted by molar-refractivity contribution is 5.85. The quantitative estimate of drug-likeness (QED) is 0.320. The Kier molecular flexibility index (Phi) is 4.74. The molecule has 6 N–H and O–H groups in total. The topological polar surface area (TPSA) is 148 Å². The summed E-state index contributed by atoms with van der Waals surface area (Å²) in [6.07, 6.45) is 0.531. The fourth-order valence-electron chi connectivity index (χ4n) is 8.69. The Balaban J connectivity index is 1.58. The van der Waals surface area contributed by atoms with Crippen molar-refractivity contribution in [3.63, 3.8) is 0 Å². The van der Waals surface area contributed by atoms with Crippen LogP contribution in [0.4, 0.5) is 0 Å². The van der Waals surface area contributed by atoms with Crippen LogP contribution in [-0.4, -0.2) is 79.3 Å². The molecule has 4 aliphatic carbocycles.